The number of likely N-dealkylation sites (tertiary alicyclic amines) is 2. The number of amides is 13. The summed E-state index contributed by atoms with van der Waals surface area (Å²) in [5, 5.41) is 87.1. The standard InChI is InChI=1S/C63H111N17O20/c1-14-32(10)46(76-56(93)45(31(8)9)73-52(89)38(24-28(2)3)70-50(87)36(64)25-81)57(94)71-39(26-82)60(97)80-23-17-20-42(80)61(98)79-22-16-19-41(79)53(90)74-43(29(4)5)54(91)69-37(18-15-21-67-63(65)66)51(88)78-47(34(12)84)58(95)68-33(11)49(86)77-48(35(13)85)59(96)75-44(30(6)7)55(92)72-40(27-83)62(99)100/h28-48,81-85H,14-27,64H2,1-13H3,(H,68,95)(H,69,91)(H,70,87)(H,71,94)(H,72,92)(H,73,89)(H,74,90)(H,75,96)(H,76,93)(H,77,86)(H,78,88)(H,99,100)(H4,65,66,67)/t32-,33-,34+,35+,36-,37-,38-,39-,40-,41-,42-,43-,44-,45-,46-,47-,48-/m0/s1. The predicted molar refractivity (Wildman–Crippen MR) is 360 cm³/mol. The summed E-state index contributed by atoms with van der Waals surface area (Å²) < 4.78 is 0. The molecule has 0 bridgehead atoms. The number of carbonyl (C=O) groups is 14. The number of aliphatic imine (C=N–C) groups is 1. The van der Waals surface area contributed by atoms with Gasteiger partial charge in [0, 0.05) is 19.6 Å². The molecule has 2 fully saturated rings. The molecule has 2 aliphatic heterocycles. The van der Waals surface area contributed by atoms with E-state index < -0.39 is 223 Å². The maximum Gasteiger partial charge on any atom is 0.328 e. The summed E-state index contributed by atoms with van der Waals surface area (Å²) in [6.07, 6.45) is -2.08. The van der Waals surface area contributed by atoms with Crippen molar-refractivity contribution in [2.24, 2.45) is 51.8 Å². The Morgan fingerprint density at radius 2 is 0.880 bits per heavy atom. The number of aliphatic hydroxyl groups excluding tert-OH is 5. The number of guanidine groups is 1. The van der Waals surface area contributed by atoms with Crippen LogP contribution in [-0.4, -0.2) is 265 Å². The Kier molecular flexibility index (Phi) is 36.8. The van der Waals surface area contributed by atoms with Crippen LogP contribution in [0.25, 0.3) is 0 Å². The van der Waals surface area contributed by atoms with E-state index in [0.29, 0.717) is 19.3 Å². The Morgan fingerprint density at radius 3 is 1.36 bits per heavy atom. The lowest BCUT2D eigenvalue weighted by molar-refractivity contribution is -0.148. The molecule has 37 nitrogen and oxygen atoms in total. The molecule has 0 aliphatic carbocycles. The molecule has 23 N–H and O–H groups in total. The molecule has 0 aromatic rings. The molecule has 37 heteroatoms. The van der Waals surface area contributed by atoms with Crippen molar-refractivity contribution in [2.75, 3.05) is 39.5 Å². The number of rotatable bonds is 41. The van der Waals surface area contributed by atoms with Crippen molar-refractivity contribution in [3.63, 3.8) is 0 Å². The van der Waals surface area contributed by atoms with E-state index in [-0.39, 0.29) is 63.6 Å². The van der Waals surface area contributed by atoms with Crippen LogP contribution in [0.4, 0.5) is 0 Å². The number of carboxylic acids is 1. The van der Waals surface area contributed by atoms with Crippen molar-refractivity contribution in [1.29, 1.82) is 0 Å². The van der Waals surface area contributed by atoms with E-state index in [0.717, 1.165) is 20.8 Å². The largest absolute Gasteiger partial charge is 0.480 e. The van der Waals surface area contributed by atoms with E-state index in [9.17, 15) is 97.8 Å². The summed E-state index contributed by atoms with van der Waals surface area (Å²) >= 11 is 0. The molecule has 2 heterocycles. The predicted octanol–water partition coefficient (Wildman–Crippen LogP) is -7.41. The SMILES string of the molecule is CC[C@H](C)[C@H](NC(=O)[C@@H](NC(=O)[C@H](CC(C)C)NC(=O)[C@@H](N)CO)C(C)C)C(=O)N[C@@H](CO)C(=O)N1CCC[C@H]1C(=O)N1CCC[C@H]1C(=O)N[C@H](C(=O)N[C@@H](CCCN=C(N)N)C(=O)N[C@H](C(=O)N[C@@H](C)C(=O)N[C@H](C(=O)N[C@H](C(=O)N[C@@H](CO)C(=O)O)C(C)C)[C@@H](C)O)[C@@H](C)O)C(C)C. The van der Waals surface area contributed by atoms with Gasteiger partial charge >= 0.3 is 5.97 Å². The van der Waals surface area contributed by atoms with Gasteiger partial charge in [-0.2, -0.15) is 0 Å². The second-order valence-electron chi connectivity index (χ2n) is 26.9. The Labute approximate surface area is 582 Å². The first-order valence-electron chi connectivity index (χ1n) is 33.9. The van der Waals surface area contributed by atoms with Crippen LogP contribution in [0.1, 0.15) is 141 Å². The first kappa shape index (κ1) is 87.7. The molecule has 13 amide bonds. The van der Waals surface area contributed by atoms with E-state index >= 15 is 0 Å². The van der Waals surface area contributed by atoms with E-state index in [1.807, 2.05) is 13.8 Å². The summed E-state index contributed by atoms with van der Waals surface area (Å²) in [5.74, 6) is -16.1. The van der Waals surface area contributed by atoms with E-state index in [1.165, 1.54) is 23.6 Å². The number of carbonyl (C=O) groups excluding carboxylic acids is 13. The van der Waals surface area contributed by atoms with Gasteiger partial charge < -0.3 is 116 Å². The number of aliphatic carboxylic acids is 1. The summed E-state index contributed by atoms with van der Waals surface area (Å²) in [6.45, 7) is 17.4. The van der Waals surface area contributed by atoms with Gasteiger partial charge in [-0.25, -0.2) is 4.79 Å². The molecule has 0 radical (unpaired) electrons. The molecule has 2 aliphatic rings. The first-order valence-corrected chi connectivity index (χ1v) is 33.9. The molecule has 0 aromatic heterocycles. The lowest BCUT2D eigenvalue weighted by Gasteiger charge is -2.34. The quantitative estimate of drug-likeness (QED) is 0.0154. The summed E-state index contributed by atoms with van der Waals surface area (Å²) in [4.78, 5) is 198. The second kappa shape index (κ2) is 42.0. The Hall–Kier alpha value is -8.39. The number of nitrogens with one attached hydrogen (secondary N) is 11. The Balaban J connectivity index is 2.33. The van der Waals surface area contributed by atoms with Gasteiger partial charge in [0.05, 0.1) is 32.0 Å². The number of nitrogens with two attached hydrogens (primary N) is 3. The van der Waals surface area contributed by atoms with Gasteiger partial charge in [0.2, 0.25) is 76.8 Å². The molecule has 0 aromatic carbocycles. The molecular formula is C63H111N17O20. The van der Waals surface area contributed by atoms with Gasteiger partial charge in [0.1, 0.15) is 84.6 Å². The van der Waals surface area contributed by atoms with Gasteiger partial charge in [0.15, 0.2) is 5.96 Å². The van der Waals surface area contributed by atoms with Crippen molar-refractivity contribution in [3.05, 3.63) is 0 Å². The lowest BCUT2D eigenvalue weighted by atomic mass is 9.95. The van der Waals surface area contributed by atoms with Crippen molar-refractivity contribution >= 4 is 88.7 Å². The van der Waals surface area contributed by atoms with Gasteiger partial charge in [-0.05, 0) is 95.3 Å². The second-order valence-corrected chi connectivity index (χ2v) is 26.9. The van der Waals surface area contributed by atoms with Crippen molar-refractivity contribution < 1.29 is 97.8 Å². The zero-order chi connectivity index (χ0) is 76.3. The highest BCUT2D eigenvalue weighted by atomic mass is 16.4. The molecule has 568 valence electrons. The molecule has 100 heavy (non-hydrogen) atoms. The van der Waals surface area contributed by atoms with Crippen molar-refractivity contribution in [3.8, 4) is 0 Å². The number of nitrogens with zero attached hydrogens (tertiary/aromatic N) is 3. The molecule has 2 rings (SSSR count). The summed E-state index contributed by atoms with van der Waals surface area (Å²) in [6, 6.07) is -20.2. The van der Waals surface area contributed by atoms with Crippen LogP contribution in [0.3, 0.4) is 0 Å². The number of hydrogen-bond acceptors (Lipinski definition) is 21. The van der Waals surface area contributed by atoms with Gasteiger partial charge in [-0.3, -0.25) is 67.3 Å². The van der Waals surface area contributed by atoms with Gasteiger partial charge in [-0.15, -0.1) is 0 Å². The van der Waals surface area contributed by atoms with Crippen LogP contribution >= 0.6 is 0 Å². The maximum atomic E-state index is 14.6. The Bertz CT molecular complexity index is 2860. The highest BCUT2D eigenvalue weighted by Gasteiger charge is 2.46. The number of hydrogen-bond donors (Lipinski definition) is 20. The molecular weight excluding hydrogens is 1310 g/mol. The van der Waals surface area contributed by atoms with Crippen LogP contribution in [0.2, 0.25) is 0 Å². The third-order valence-corrected chi connectivity index (χ3v) is 17.1. The smallest absolute Gasteiger partial charge is 0.328 e. The minimum absolute atomic E-state index is 0.0131. The third kappa shape index (κ3) is 26.6. The highest BCUT2D eigenvalue weighted by molar-refractivity contribution is 6.00. The molecule has 0 saturated carbocycles. The number of aliphatic hydroxyl groups is 5. The molecule has 0 spiro atoms. The average Bonchev–Trinajstić information content (AvgIpc) is 1.62. The fourth-order valence-corrected chi connectivity index (χ4v) is 11.0. The van der Waals surface area contributed by atoms with E-state index in [4.69, 9.17) is 17.2 Å². The van der Waals surface area contributed by atoms with Crippen LogP contribution in [0, 0.1) is 29.6 Å². The normalized spacial score (nSPS) is 19.0. The Morgan fingerprint density at radius 1 is 0.470 bits per heavy atom. The number of carboxylic acid groups (broad SMARTS) is 1. The van der Waals surface area contributed by atoms with Crippen LogP contribution in [0.5, 0.6) is 0 Å². The van der Waals surface area contributed by atoms with Crippen LogP contribution in [-0.2, 0) is 67.1 Å². The third-order valence-electron chi connectivity index (χ3n) is 17.1. The first-order chi connectivity index (χ1) is 46.7. The molecule has 2 saturated heterocycles. The highest BCUT2D eigenvalue weighted by Crippen LogP contribution is 2.27. The van der Waals surface area contributed by atoms with Gasteiger partial charge in [-0.1, -0.05) is 75.7 Å². The zero-order valence-electron chi connectivity index (χ0n) is 59.5. The lowest BCUT2D eigenvalue weighted by Crippen LogP contribution is -2.63. The monoisotopic (exact) mass is 1430 g/mol. The minimum atomic E-state index is -1.83. The zero-order valence-corrected chi connectivity index (χ0v) is 59.5. The van der Waals surface area contributed by atoms with E-state index in [2.05, 4.69) is 63.5 Å². The minimum Gasteiger partial charge on any atom is -0.480 e. The van der Waals surface area contributed by atoms with Gasteiger partial charge in [0.25, 0.3) is 0 Å². The molecule has 0 unspecified atom stereocenters. The fourth-order valence-electron chi connectivity index (χ4n) is 11.0. The van der Waals surface area contributed by atoms with Crippen molar-refractivity contribution in [2.45, 2.75) is 238 Å². The van der Waals surface area contributed by atoms with E-state index in [1.54, 1.807) is 41.5 Å². The molecule has 17 atom stereocenters. The maximum absolute atomic E-state index is 14.6. The average molecular weight is 1430 g/mol. The topological polar surface area (TPSA) is 590 Å². The fraction of sp³-hybridized carbons (Fsp3) is 0.762. The van der Waals surface area contributed by atoms with Crippen LogP contribution in [0.15, 0.2) is 4.99 Å². The summed E-state index contributed by atoms with van der Waals surface area (Å²) in [7, 11) is 0. The van der Waals surface area contributed by atoms with Crippen molar-refractivity contribution in [1.82, 2.24) is 68.3 Å². The van der Waals surface area contributed by atoms with Crippen LogP contribution < -0.4 is 75.7 Å². The summed E-state index contributed by atoms with van der Waals surface area (Å²) in [5.41, 5.74) is 16.7.